The third-order valence-electron chi connectivity index (χ3n) is 10.4. The van der Waals surface area contributed by atoms with Crippen molar-refractivity contribution in [2.45, 2.75) is 252 Å². The summed E-state index contributed by atoms with van der Waals surface area (Å²) in [4.78, 5) is 37.8. The fraction of sp³-hybridized carbons (Fsp3) is 0.820. The molecule has 326 valence electrons. The molecule has 0 saturated carbocycles. The van der Waals surface area contributed by atoms with Crippen molar-refractivity contribution in [1.82, 2.24) is 0 Å². The maximum atomic E-state index is 12.7. The second-order valence-corrected chi connectivity index (χ2v) is 16.0. The topological polar surface area (TPSA) is 78.9 Å². The first-order chi connectivity index (χ1) is 27.5. The molecular formula is C50H90O6. The van der Waals surface area contributed by atoms with Gasteiger partial charge in [0.2, 0.25) is 0 Å². The van der Waals surface area contributed by atoms with Crippen LogP contribution in [0.5, 0.6) is 0 Å². The quantitative estimate of drug-likeness (QED) is 0.0201. The van der Waals surface area contributed by atoms with E-state index in [0.717, 1.165) is 77.0 Å². The van der Waals surface area contributed by atoms with Gasteiger partial charge in [0.1, 0.15) is 13.2 Å². The van der Waals surface area contributed by atoms with Gasteiger partial charge < -0.3 is 14.2 Å². The molecule has 6 heteroatoms. The minimum absolute atomic E-state index is 0.0799. The third kappa shape index (κ3) is 42.8. The molecule has 0 saturated heterocycles. The molecule has 0 aliphatic carbocycles. The van der Waals surface area contributed by atoms with Gasteiger partial charge in [0.25, 0.3) is 0 Å². The molecule has 0 radical (unpaired) electrons. The summed E-state index contributed by atoms with van der Waals surface area (Å²) in [6.45, 7) is 6.57. The van der Waals surface area contributed by atoms with E-state index in [9.17, 15) is 14.4 Å². The SMILES string of the molecule is CCCCC/C=C\C=C/CCCCCCCCC(=O)OCC(COC(=O)CCCCCCCCCCCC)OC(=O)CCCCC/C=C\CCCCCCCC. The van der Waals surface area contributed by atoms with Crippen LogP contribution in [-0.2, 0) is 28.6 Å². The first-order valence-electron chi connectivity index (χ1n) is 24.0. The normalized spacial score (nSPS) is 12.3. The summed E-state index contributed by atoms with van der Waals surface area (Å²) >= 11 is 0. The van der Waals surface area contributed by atoms with E-state index in [1.54, 1.807) is 0 Å². The predicted molar refractivity (Wildman–Crippen MR) is 238 cm³/mol. The monoisotopic (exact) mass is 787 g/mol. The highest BCUT2D eigenvalue weighted by molar-refractivity contribution is 5.71. The Balaban J connectivity index is 4.39. The molecule has 1 unspecified atom stereocenters. The van der Waals surface area contributed by atoms with E-state index in [2.05, 4.69) is 57.2 Å². The van der Waals surface area contributed by atoms with E-state index in [4.69, 9.17) is 14.2 Å². The average Bonchev–Trinajstić information content (AvgIpc) is 3.19. The Morgan fingerprint density at radius 2 is 0.643 bits per heavy atom. The smallest absolute Gasteiger partial charge is 0.306 e. The molecule has 0 N–H and O–H groups in total. The molecule has 0 amide bonds. The fourth-order valence-corrected chi connectivity index (χ4v) is 6.72. The van der Waals surface area contributed by atoms with E-state index >= 15 is 0 Å². The van der Waals surface area contributed by atoms with Gasteiger partial charge in [-0.3, -0.25) is 14.4 Å². The molecule has 0 aromatic rings. The van der Waals surface area contributed by atoms with Gasteiger partial charge in [0, 0.05) is 19.3 Å². The lowest BCUT2D eigenvalue weighted by molar-refractivity contribution is -0.167. The Labute approximate surface area is 346 Å². The standard InChI is InChI=1S/C50H90O6/c1-4-7-10-13-16-19-22-24-25-27-28-31-34-37-40-43-49(52)55-46-47(45-54-48(51)42-39-36-33-30-21-18-15-12-9-6-3)56-50(53)44-41-38-35-32-29-26-23-20-17-14-11-8-5-2/h16,19,22,24,26,29,47H,4-15,17-18,20-21,23,25,27-28,30-46H2,1-3H3/b19-16-,24-22-,29-26-. The molecule has 0 aromatic heterocycles. The first kappa shape index (κ1) is 53.6. The number of rotatable bonds is 43. The van der Waals surface area contributed by atoms with Crippen LogP contribution in [0.25, 0.3) is 0 Å². The largest absolute Gasteiger partial charge is 0.462 e. The van der Waals surface area contributed by atoms with Gasteiger partial charge in [-0.2, -0.15) is 0 Å². The van der Waals surface area contributed by atoms with Crippen molar-refractivity contribution in [3.8, 4) is 0 Å². The van der Waals surface area contributed by atoms with Gasteiger partial charge in [-0.25, -0.2) is 0 Å². The van der Waals surface area contributed by atoms with Gasteiger partial charge in [0.15, 0.2) is 6.10 Å². The summed E-state index contributed by atoms with van der Waals surface area (Å²) in [6.07, 6.45) is 51.2. The van der Waals surface area contributed by atoms with Crippen LogP contribution < -0.4 is 0 Å². The average molecular weight is 787 g/mol. The zero-order chi connectivity index (χ0) is 40.8. The molecule has 0 spiro atoms. The van der Waals surface area contributed by atoms with Crippen LogP contribution in [0, 0.1) is 0 Å². The maximum Gasteiger partial charge on any atom is 0.306 e. The highest BCUT2D eigenvalue weighted by Gasteiger charge is 2.19. The van der Waals surface area contributed by atoms with Crippen molar-refractivity contribution in [1.29, 1.82) is 0 Å². The lowest BCUT2D eigenvalue weighted by Crippen LogP contribution is -2.30. The molecule has 0 fully saturated rings. The van der Waals surface area contributed by atoms with Crippen molar-refractivity contribution in [3.05, 3.63) is 36.5 Å². The number of carbonyl (C=O) groups excluding carboxylic acids is 3. The van der Waals surface area contributed by atoms with Gasteiger partial charge in [-0.15, -0.1) is 0 Å². The number of ether oxygens (including phenoxy) is 3. The fourth-order valence-electron chi connectivity index (χ4n) is 6.72. The molecule has 1 atom stereocenters. The Morgan fingerprint density at radius 3 is 1.05 bits per heavy atom. The number of hydrogen-bond donors (Lipinski definition) is 0. The van der Waals surface area contributed by atoms with Crippen molar-refractivity contribution >= 4 is 17.9 Å². The second-order valence-electron chi connectivity index (χ2n) is 16.0. The first-order valence-corrected chi connectivity index (χ1v) is 24.0. The van der Waals surface area contributed by atoms with E-state index in [-0.39, 0.29) is 31.1 Å². The van der Waals surface area contributed by atoms with Crippen LogP contribution in [0.2, 0.25) is 0 Å². The van der Waals surface area contributed by atoms with Crippen molar-refractivity contribution in [2.24, 2.45) is 0 Å². The van der Waals surface area contributed by atoms with Crippen LogP contribution in [-0.4, -0.2) is 37.2 Å². The zero-order valence-corrected chi connectivity index (χ0v) is 37.2. The lowest BCUT2D eigenvalue weighted by Gasteiger charge is -2.18. The third-order valence-corrected chi connectivity index (χ3v) is 10.4. The van der Waals surface area contributed by atoms with Crippen LogP contribution >= 0.6 is 0 Å². The maximum absolute atomic E-state index is 12.7. The Bertz CT molecular complexity index is 953. The minimum atomic E-state index is -0.779. The van der Waals surface area contributed by atoms with E-state index in [1.165, 1.54) is 128 Å². The van der Waals surface area contributed by atoms with Crippen LogP contribution in [0.15, 0.2) is 36.5 Å². The number of carbonyl (C=O) groups is 3. The highest BCUT2D eigenvalue weighted by atomic mass is 16.6. The summed E-state index contributed by atoms with van der Waals surface area (Å²) in [5.74, 6) is -0.905. The Morgan fingerprint density at radius 1 is 0.357 bits per heavy atom. The van der Waals surface area contributed by atoms with Crippen LogP contribution in [0.1, 0.15) is 245 Å². The molecule has 0 aliphatic heterocycles. The van der Waals surface area contributed by atoms with E-state index < -0.39 is 6.10 Å². The number of hydrogen-bond acceptors (Lipinski definition) is 6. The minimum Gasteiger partial charge on any atom is -0.462 e. The molecular weight excluding hydrogens is 697 g/mol. The summed E-state index contributed by atoms with van der Waals surface area (Å²) in [7, 11) is 0. The zero-order valence-electron chi connectivity index (χ0n) is 37.2. The lowest BCUT2D eigenvalue weighted by atomic mass is 10.1. The molecule has 0 aliphatic rings. The molecule has 0 heterocycles. The molecule has 6 nitrogen and oxygen atoms in total. The number of unbranched alkanes of at least 4 members (excludes halogenated alkanes) is 27. The van der Waals surface area contributed by atoms with Gasteiger partial charge >= 0.3 is 17.9 Å². The summed E-state index contributed by atoms with van der Waals surface area (Å²) in [6, 6.07) is 0. The van der Waals surface area contributed by atoms with Crippen molar-refractivity contribution in [3.63, 3.8) is 0 Å². The summed E-state index contributed by atoms with van der Waals surface area (Å²) < 4.78 is 16.7. The van der Waals surface area contributed by atoms with Crippen molar-refractivity contribution < 1.29 is 28.6 Å². The molecule has 0 rings (SSSR count). The van der Waals surface area contributed by atoms with Crippen LogP contribution in [0.4, 0.5) is 0 Å². The summed E-state index contributed by atoms with van der Waals surface area (Å²) in [5, 5.41) is 0. The predicted octanol–water partition coefficient (Wildman–Crippen LogP) is 15.4. The number of esters is 3. The van der Waals surface area contributed by atoms with Gasteiger partial charge in [-0.05, 0) is 70.6 Å². The van der Waals surface area contributed by atoms with E-state index in [1.807, 2.05) is 0 Å². The highest BCUT2D eigenvalue weighted by Crippen LogP contribution is 2.14. The molecule has 56 heavy (non-hydrogen) atoms. The van der Waals surface area contributed by atoms with Gasteiger partial charge in [0.05, 0.1) is 0 Å². The van der Waals surface area contributed by atoms with E-state index in [0.29, 0.717) is 19.3 Å². The molecule has 0 bridgehead atoms. The Kier molecular flexibility index (Phi) is 43.4. The summed E-state index contributed by atoms with van der Waals surface area (Å²) in [5.41, 5.74) is 0. The van der Waals surface area contributed by atoms with Crippen LogP contribution in [0.3, 0.4) is 0 Å². The second kappa shape index (κ2) is 45.3. The van der Waals surface area contributed by atoms with Crippen molar-refractivity contribution in [2.75, 3.05) is 13.2 Å². The Hall–Kier alpha value is -2.37. The van der Waals surface area contributed by atoms with Gasteiger partial charge in [-0.1, -0.05) is 192 Å². The molecule has 0 aromatic carbocycles. The number of allylic oxidation sites excluding steroid dienone is 6.